The molecule has 1 saturated heterocycles. The molecule has 8 atom stereocenters. The van der Waals surface area contributed by atoms with Gasteiger partial charge in [-0.05, 0) is 98.6 Å². The smallest absolute Gasteiger partial charge is 0.262 e. The van der Waals surface area contributed by atoms with Gasteiger partial charge in [0.05, 0.1) is 11.1 Å². The molecule has 0 spiro atoms. The Morgan fingerprint density at radius 3 is 1.71 bits per heavy atom. The molecule has 2 aromatic rings. The van der Waals surface area contributed by atoms with Crippen LogP contribution in [0.4, 0.5) is 11.4 Å². The van der Waals surface area contributed by atoms with E-state index in [9.17, 15) is 19.5 Å². The molecule has 49 heavy (non-hydrogen) atoms. The van der Waals surface area contributed by atoms with Crippen molar-refractivity contribution < 1.29 is 19.5 Å². The number of rotatable bonds is 5. The van der Waals surface area contributed by atoms with Crippen molar-refractivity contribution in [1.29, 1.82) is 0 Å². The van der Waals surface area contributed by atoms with Gasteiger partial charge in [-0.25, -0.2) is 0 Å². The maximum atomic E-state index is 14.2. The number of amides is 2. The molecular weight excluding hydrogens is 608 g/mol. The first-order valence-corrected chi connectivity index (χ1v) is 18.8. The first-order chi connectivity index (χ1) is 24.0. The van der Waals surface area contributed by atoms with Crippen LogP contribution in [0, 0.1) is 35.5 Å². The number of ketones is 1. The van der Waals surface area contributed by atoms with Crippen molar-refractivity contribution in [3.05, 3.63) is 108 Å². The molecule has 1 N–H and O–H groups in total. The highest BCUT2D eigenvalue weighted by Gasteiger charge is 2.53. The number of anilines is 2. The van der Waals surface area contributed by atoms with Crippen LogP contribution in [0.15, 0.2) is 108 Å². The number of Topliss-reactive ketones (excluding diaryl/α,β-unsaturated/α-hetero) is 1. The van der Waals surface area contributed by atoms with Crippen molar-refractivity contribution in [2.24, 2.45) is 35.5 Å². The Balaban J connectivity index is 1.10. The second-order valence-electron chi connectivity index (χ2n) is 15.3. The fraction of sp³-hybridized carbons (Fsp3) is 0.465. The largest absolute Gasteiger partial charge is 0.511 e. The average Bonchev–Trinajstić information content (AvgIpc) is 3.14. The molecule has 8 rings (SSSR count). The molecule has 2 heterocycles. The number of aliphatic hydroxyl groups excluding tert-OH is 1. The van der Waals surface area contributed by atoms with Crippen molar-refractivity contribution >= 4 is 29.0 Å². The van der Waals surface area contributed by atoms with Crippen LogP contribution in [0.3, 0.4) is 0 Å². The summed E-state index contributed by atoms with van der Waals surface area (Å²) in [7, 11) is 0. The van der Waals surface area contributed by atoms with Gasteiger partial charge in [-0.2, -0.15) is 0 Å². The highest BCUT2D eigenvalue weighted by atomic mass is 16.3. The fourth-order valence-electron chi connectivity index (χ4n) is 10.8. The van der Waals surface area contributed by atoms with Crippen molar-refractivity contribution in [3.63, 3.8) is 0 Å². The third-order valence-corrected chi connectivity index (χ3v) is 12.9. The maximum Gasteiger partial charge on any atom is 0.262 e. The van der Waals surface area contributed by atoms with Crippen molar-refractivity contribution in [1.82, 2.24) is 0 Å². The number of carbonyl (C=O) groups is 3. The topological polar surface area (TPSA) is 77.9 Å². The summed E-state index contributed by atoms with van der Waals surface area (Å²) in [5.41, 5.74) is 2.29. The summed E-state index contributed by atoms with van der Waals surface area (Å²) >= 11 is 0. The van der Waals surface area contributed by atoms with Gasteiger partial charge in [-0.15, -0.1) is 0 Å². The molecule has 8 unspecified atom stereocenters. The second kappa shape index (κ2) is 13.6. The zero-order chi connectivity index (χ0) is 33.5. The number of hydrogen-bond donors (Lipinski definition) is 1. The molecule has 6 nitrogen and oxygen atoms in total. The maximum absolute atomic E-state index is 14.2. The van der Waals surface area contributed by atoms with Gasteiger partial charge in [-0.1, -0.05) is 93.2 Å². The van der Waals surface area contributed by atoms with E-state index in [2.05, 4.69) is 0 Å². The molecule has 6 aliphatic rings. The highest BCUT2D eigenvalue weighted by Crippen LogP contribution is 2.51. The minimum atomic E-state index is -0.230. The lowest BCUT2D eigenvalue weighted by Crippen LogP contribution is -2.59. The lowest BCUT2D eigenvalue weighted by molar-refractivity contribution is -0.131. The van der Waals surface area contributed by atoms with Gasteiger partial charge in [0.15, 0.2) is 5.78 Å². The van der Waals surface area contributed by atoms with Gasteiger partial charge in [0.1, 0.15) is 5.76 Å². The van der Waals surface area contributed by atoms with Crippen molar-refractivity contribution in [2.45, 2.75) is 89.1 Å². The number of piperidine rings is 1. The number of aliphatic hydroxyl groups is 1. The number of carbonyl (C=O) groups excluding carboxylic acids is 3. The third-order valence-electron chi connectivity index (χ3n) is 12.9. The third kappa shape index (κ3) is 5.71. The minimum absolute atomic E-state index is 0.0147. The van der Waals surface area contributed by atoms with Gasteiger partial charge < -0.3 is 14.9 Å². The molecule has 0 bridgehead atoms. The van der Waals surface area contributed by atoms with E-state index in [0.29, 0.717) is 29.2 Å². The first-order valence-electron chi connectivity index (χ1n) is 18.8. The van der Waals surface area contributed by atoms with Crippen LogP contribution in [0.1, 0.15) is 77.0 Å². The fourth-order valence-corrected chi connectivity index (χ4v) is 10.8. The number of benzene rings is 2. The van der Waals surface area contributed by atoms with E-state index in [1.807, 2.05) is 70.5 Å². The SMILES string of the molecule is O=C1/C(=C/C=C/C=C/C2=C(O)C3C4CCCCC4CCC3N(c3ccccc3)C2=O)C(=O)N(c2ccccc2)C2CCC3CCCCC3C12. The predicted molar refractivity (Wildman–Crippen MR) is 193 cm³/mol. The molecule has 5 fully saturated rings. The Kier molecular flexibility index (Phi) is 8.90. The zero-order valence-corrected chi connectivity index (χ0v) is 28.3. The van der Waals surface area contributed by atoms with Gasteiger partial charge in [0.2, 0.25) is 0 Å². The van der Waals surface area contributed by atoms with Crippen molar-refractivity contribution in [2.75, 3.05) is 9.80 Å². The van der Waals surface area contributed by atoms with Crippen molar-refractivity contribution in [3.8, 4) is 0 Å². The number of para-hydroxylation sites is 2. The van der Waals surface area contributed by atoms with Gasteiger partial charge in [-0.3, -0.25) is 14.4 Å². The number of fused-ring (bicyclic) bond motifs is 6. The van der Waals surface area contributed by atoms with Gasteiger partial charge >= 0.3 is 0 Å². The number of nitrogens with zero attached hydrogens (tertiary/aromatic N) is 2. The van der Waals surface area contributed by atoms with E-state index < -0.39 is 0 Å². The quantitative estimate of drug-likeness (QED) is 0.199. The Morgan fingerprint density at radius 1 is 0.571 bits per heavy atom. The molecule has 4 saturated carbocycles. The lowest BCUT2D eigenvalue weighted by Gasteiger charge is -2.51. The first kappa shape index (κ1) is 32.0. The average molecular weight is 657 g/mol. The monoisotopic (exact) mass is 656 g/mol. The van der Waals surface area contributed by atoms with Crippen LogP contribution in [0.2, 0.25) is 0 Å². The molecule has 2 amide bonds. The van der Waals surface area contributed by atoms with Crippen LogP contribution in [-0.2, 0) is 14.4 Å². The summed E-state index contributed by atoms with van der Waals surface area (Å²) in [5.74, 6) is 1.40. The number of hydrogen-bond acceptors (Lipinski definition) is 4. The summed E-state index contributed by atoms with van der Waals surface area (Å²) in [6.45, 7) is 0. The highest BCUT2D eigenvalue weighted by molar-refractivity contribution is 6.27. The number of allylic oxidation sites excluding steroid dienone is 4. The summed E-state index contributed by atoms with van der Waals surface area (Å²) in [4.78, 5) is 46.1. The van der Waals surface area contributed by atoms with E-state index in [1.165, 1.54) is 32.1 Å². The van der Waals surface area contributed by atoms with Gasteiger partial charge in [0, 0.05) is 35.3 Å². The Labute approximate surface area is 290 Å². The van der Waals surface area contributed by atoms with E-state index in [0.717, 1.165) is 56.3 Å². The van der Waals surface area contributed by atoms with Crippen LogP contribution in [0.25, 0.3) is 0 Å². The molecule has 2 aliphatic heterocycles. The van der Waals surface area contributed by atoms with E-state index >= 15 is 0 Å². The molecule has 0 aromatic heterocycles. The summed E-state index contributed by atoms with van der Waals surface area (Å²) in [6.07, 6.45) is 21.9. The Bertz CT molecular complexity index is 1710. The van der Waals surface area contributed by atoms with Gasteiger partial charge in [0.25, 0.3) is 11.8 Å². The summed E-state index contributed by atoms with van der Waals surface area (Å²) in [5, 5.41) is 11.8. The molecule has 6 heteroatoms. The summed E-state index contributed by atoms with van der Waals surface area (Å²) in [6, 6.07) is 19.5. The predicted octanol–water partition coefficient (Wildman–Crippen LogP) is 8.67. The molecule has 254 valence electrons. The zero-order valence-electron chi connectivity index (χ0n) is 28.3. The van der Waals surface area contributed by atoms with E-state index in [-0.39, 0.29) is 52.8 Å². The van der Waals surface area contributed by atoms with E-state index in [1.54, 1.807) is 30.4 Å². The van der Waals surface area contributed by atoms with Crippen LogP contribution >= 0.6 is 0 Å². The van der Waals surface area contributed by atoms with E-state index in [4.69, 9.17) is 0 Å². The molecular formula is C43H48N2O4. The molecule has 2 aromatic carbocycles. The Morgan fingerprint density at radius 2 is 1.10 bits per heavy atom. The second-order valence-corrected chi connectivity index (χ2v) is 15.3. The van der Waals surface area contributed by atoms with Crippen LogP contribution in [-0.4, -0.2) is 34.8 Å². The van der Waals surface area contributed by atoms with Crippen LogP contribution in [0.5, 0.6) is 0 Å². The standard InChI is InChI=1S/C43H48N2O4/c46-40-34(42(48)44(30-16-4-1-5-17-30)36-26-24-28-14-10-12-20-32(28)38(36)40)22-8-3-9-23-35-41(47)39-33-21-13-11-15-29(33)25-27-37(39)45(43(35)49)31-18-6-2-7-19-31/h1-9,16-19,22-23,28-29,32-33,36-39,46H,10-15,20-21,24-27H2/b9-3+,22-8+,35-23-. The van der Waals surface area contributed by atoms with Crippen LogP contribution < -0.4 is 9.80 Å². The Hall–Kier alpha value is -4.19. The molecule has 4 aliphatic carbocycles. The summed E-state index contributed by atoms with van der Waals surface area (Å²) < 4.78 is 0. The normalized spacial score (nSPS) is 34.3. The lowest BCUT2D eigenvalue weighted by atomic mass is 9.60. The molecule has 0 radical (unpaired) electrons. The minimum Gasteiger partial charge on any atom is -0.511 e.